The summed E-state index contributed by atoms with van der Waals surface area (Å²) < 4.78 is 4.45. The zero-order chi connectivity index (χ0) is 12.2. The Bertz CT molecular complexity index is 252. The molecule has 88 valence electrons. The number of hydrogen-bond donors (Lipinski definition) is 1. The van der Waals surface area contributed by atoms with Crippen molar-refractivity contribution in [2.75, 3.05) is 27.5 Å². The summed E-state index contributed by atoms with van der Waals surface area (Å²) in [6.45, 7) is 1.28. The van der Waals surface area contributed by atoms with Gasteiger partial charge in [-0.1, -0.05) is 0 Å². The van der Waals surface area contributed by atoms with Crippen LogP contribution in [0.1, 0.15) is 6.92 Å². The van der Waals surface area contributed by atoms with Gasteiger partial charge in [-0.25, -0.2) is 4.79 Å². The van der Waals surface area contributed by atoms with Crippen LogP contribution in [0.3, 0.4) is 0 Å². The van der Waals surface area contributed by atoms with E-state index in [-0.39, 0.29) is 5.91 Å². The summed E-state index contributed by atoms with van der Waals surface area (Å²) in [4.78, 5) is 24.3. The highest BCUT2D eigenvalue weighted by Gasteiger charge is 2.45. The molecule has 0 radical (unpaired) electrons. The summed E-state index contributed by atoms with van der Waals surface area (Å²) in [5.41, 5.74) is -1.81. The van der Waals surface area contributed by atoms with Gasteiger partial charge >= 0.3 is 5.97 Å². The van der Waals surface area contributed by atoms with Crippen molar-refractivity contribution in [1.82, 2.24) is 4.90 Å². The second-order valence-corrected chi connectivity index (χ2v) is 4.43. The zero-order valence-corrected chi connectivity index (χ0v) is 10.4. The second-order valence-electron chi connectivity index (χ2n) is 3.49. The van der Waals surface area contributed by atoms with Crippen molar-refractivity contribution in [2.45, 2.75) is 17.8 Å². The molecule has 0 fully saturated rings. The number of carbonyl (C=O) groups is 2. The Hall–Kier alpha value is -0.750. The number of methoxy groups -OCH3 is 1. The van der Waals surface area contributed by atoms with Crippen LogP contribution in [-0.2, 0) is 14.3 Å². The first kappa shape index (κ1) is 14.2. The molecule has 0 bridgehead atoms. The molecule has 2 atom stereocenters. The van der Waals surface area contributed by atoms with Gasteiger partial charge in [0.2, 0.25) is 5.91 Å². The molecular weight excluding hydrogens is 218 g/mol. The van der Waals surface area contributed by atoms with Gasteiger partial charge in [-0.2, -0.15) is 0 Å². The number of carbonyl (C=O) groups excluding carboxylic acids is 2. The molecule has 0 heterocycles. The highest BCUT2D eigenvalue weighted by atomic mass is 32.2. The molecule has 1 amide bonds. The lowest BCUT2D eigenvalue weighted by Gasteiger charge is -2.29. The van der Waals surface area contributed by atoms with Gasteiger partial charge in [0, 0.05) is 14.1 Å². The molecule has 0 saturated carbocycles. The van der Waals surface area contributed by atoms with E-state index >= 15 is 0 Å². The molecule has 0 aromatic heterocycles. The van der Waals surface area contributed by atoms with Crippen LogP contribution >= 0.6 is 11.8 Å². The minimum atomic E-state index is -1.81. The number of esters is 1. The predicted octanol–water partition coefficient (Wildman–Crippen LogP) is -0.270. The number of hydrogen-bond acceptors (Lipinski definition) is 5. The molecule has 0 aliphatic carbocycles. The van der Waals surface area contributed by atoms with E-state index < -0.39 is 16.8 Å². The largest absolute Gasteiger partial charge is 0.467 e. The third-order valence-electron chi connectivity index (χ3n) is 2.01. The molecule has 0 rings (SSSR count). The molecule has 0 aliphatic heterocycles. The highest BCUT2D eigenvalue weighted by molar-refractivity contribution is 8.00. The first-order valence-corrected chi connectivity index (χ1v) is 5.62. The van der Waals surface area contributed by atoms with Gasteiger partial charge in [-0.15, -0.1) is 11.8 Å². The van der Waals surface area contributed by atoms with Crippen LogP contribution in [0, 0.1) is 0 Å². The van der Waals surface area contributed by atoms with Crippen LogP contribution in [0.5, 0.6) is 0 Å². The van der Waals surface area contributed by atoms with Gasteiger partial charge in [-0.05, 0) is 13.2 Å². The van der Waals surface area contributed by atoms with Crippen LogP contribution in [-0.4, -0.2) is 60.2 Å². The number of thioether (sulfide) groups is 1. The number of aliphatic hydroxyl groups is 1. The molecule has 0 saturated heterocycles. The molecule has 0 aliphatic rings. The average molecular weight is 235 g/mol. The average Bonchev–Trinajstić information content (AvgIpc) is 2.16. The van der Waals surface area contributed by atoms with Gasteiger partial charge in [0.25, 0.3) is 0 Å². The third-order valence-corrected chi connectivity index (χ3v) is 3.14. The SMILES string of the molecule is COC(=O)[C@](C)(O)[C@H](SC)C(=O)N(C)C. The maximum atomic E-state index is 11.7. The Morgan fingerprint density at radius 2 is 1.93 bits per heavy atom. The lowest BCUT2D eigenvalue weighted by molar-refractivity contribution is -0.163. The van der Waals surface area contributed by atoms with Crippen LogP contribution in [0.15, 0.2) is 0 Å². The van der Waals surface area contributed by atoms with Crippen molar-refractivity contribution in [3.63, 3.8) is 0 Å². The van der Waals surface area contributed by atoms with Crippen molar-refractivity contribution in [3.8, 4) is 0 Å². The van der Waals surface area contributed by atoms with Crippen molar-refractivity contribution in [2.24, 2.45) is 0 Å². The Kier molecular flexibility index (Phi) is 5.10. The van der Waals surface area contributed by atoms with E-state index in [1.807, 2.05) is 0 Å². The van der Waals surface area contributed by atoms with E-state index in [4.69, 9.17) is 0 Å². The lowest BCUT2D eigenvalue weighted by atomic mass is 10.0. The zero-order valence-electron chi connectivity index (χ0n) is 9.60. The molecule has 0 spiro atoms. The van der Waals surface area contributed by atoms with Gasteiger partial charge in [0.05, 0.1) is 7.11 Å². The maximum Gasteiger partial charge on any atom is 0.339 e. The molecule has 15 heavy (non-hydrogen) atoms. The normalized spacial score (nSPS) is 16.4. The van der Waals surface area contributed by atoms with Gasteiger partial charge in [-0.3, -0.25) is 4.79 Å². The smallest absolute Gasteiger partial charge is 0.339 e. The van der Waals surface area contributed by atoms with E-state index in [0.717, 1.165) is 11.8 Å². The molecule has 5 nitrogen and oxygen atoms in total. The van der Waals surface area contributed by atoms with Gasteiger partial charge in [0.15, 0.2) is 5.60 Å². The first-order valence-electron chi connectivity index (χ1n) is 4.33. The van der Waals surface area contributed by atoms with Gasteiger partial charge in [0.1, 0.15) is 5.25 Å². The Labute approximate surface area is 93.8 Å². The second kappa shape index (κ2) is 5.37. The van der Waals surface area contributed by atoms with Crippen molar-refractivity contribution in [3.05, 3.63) is 0 Å². The quantitative estimate of drug-likeness (QED) is 0.679. The molecule has 0 aromatic carbocycles. The molecule has 0 aromatic rings. The molecular formula is C9H17NO4S. The van der Waals surface area contributed by atoms with E-state index in [1.54, 1.807) is 20.4 Å². The fourth-order valence-corrected chi connectivity index (χ4v) is 2.09. The summed E-state index contributed by atoms with van der Waals surface area (Å²) in [5.74, 6) is -1.13. The Morgan fingerprint density at radius 1 is 1.47 bits per heavy atom. The summed E-state index contributed by atoms with van der Waals surface area (Å²) in [7, 11) is 4.31. The number of rotatable bonds is 4. The number of ether oxygens (including phenoxy) is 1. The number of amides is 1. The minimum Gasteiger partial charge on any atom is -0.467 e. The summed E-state index contributed by atoms with van der Waals surface area (Å²) in [6.07, 6.45) is 1.66. The third kappa shape index (κ3) is 3.10. The summed E-state index contributed by atoms with van der Waals surface area (Å²) in [6, 6.07) is 0. The fourth-order valence-electron chi connectivity index (χ4n) is 1.12. The Balaban J connectivity index is 4.96. The highest BCUT2D eigenvalue weighted by Crippen LogP contribution is 2.24. The number of nitrogens with zero attached hydrogens (tertiary/aromatic N) is 1. The predicted molar refractivity (Wildman–Crippen MR) is 58.6 cm³/mol. The van der Waals surface area contributed by atoms with E-state index in [9.17, 15) is 14.7 Å². The first-order chi connectivity index (χ1) is 6.78. The minimum absolute atomic E-state index is 0.321. The van der Waals surface area contributed by atoms with Crippen molar-refractivity contribution in [1.29, 1.82) is 0 Å². The van der Waals surface area contributed by atoms with Crippen LogP contribution in [0.2, 0.25) is 0 Å². The van der Waals surface area contributed by atoms with E-state index in [0.29, 0.717) is 0 Å². The molecule has 0 unspecified atom stereocenters. The lowest BCUT2D eigenvalue weighted by Crippen LogP contribution is -2.52. The van der Waals surface area contributed by atoms with E-state index in [2.05, 4.69) is 4.74 Å². The Morgan fingerprint density at radius 3 is 2.20 bits per heavy atom. The van der Waals surface area contributed by atoms with Crippen molar-refractivity contribution < 1.29 is 19.4 Å². The molecule has 1 N–H and O–H groups in total. The van der Waals surface area contributed by atoms with Crippen LogP contribution in [0.25, 0.3) is 0 Å². The van der Waals surface area contributed by atoms with Gasteiger partial charge < -0.3 is 14.7 Å². The molecule has 6 heteroatoms. The van der Waals surface area contributed by atoms with E-state index in [1.165, 1.54) is 18.9 Å². The monoisotopic (exact) mass is 235 g/mol. The van der Waals surface area contributed by atoms with Crippen LogP contribution < -0.4 is 0 Å². The fraction of sp³-hybridized carbons (Fsp3) is 0.778. The maximum absolute atomic E-state index is 11.7. The standard InChI is InChI=1S/C9H17NO4S/c1-9(13,8(12)14-4)6(15-5)7(11)10(2)3/h6,13H,1-5H3/t6-,9-/m1/s1. The summed E-state index contributed by atoms with van der Waals surface area (Å²) >= 11 is 1.11. The van der Waals surface area contributed by atoms with Crippen LogP contribution in [0.4, 0.5) is 0 Å². The topological polar surface area (TPSA) is 66.8 Å². The summed E-state index contributed by atoms with van der Waals surface area (Å²) in [5, 5.41) is 9.06. The van der Waals surface area contributed by atoms with Crippen molar-refractivity contribution >= 4 is 23.6 Å².